The van der Waals surface area contributed by atoms with Gasteiger partial charge in [0.25, 0.3) is 0 Å². The summed E-state index contributed by atoms with van der Waals surface area (Å²) in [6.45, 7) is 4.01. The molecule has 33 heavy (non-hydrogen) atoms. The van der Waals surface area contributed by atoms with E-state index in [0.29, 0.717) is 25.7 Å². The van der Waals surface area contributed by atoms with Gasteiger partial charge in [-0.25, -0.2) is 4.79 Å². The Labute approximate surface area is 194 Å². The van der Waals surface area contributed by atoms with Crippen molar-refractivity contribution in [3.05, 3.63) is 59.7 Å². The number of hydrogen-bond acceptors (Lipinski definition) is 4. The molecular formula is C26H32N2O5. The van der Waals surface area contributed by atoms with Gasteiger partial charge in [-0.1, -0.05) is 75.2 Å². The molecule has 0 heterocycles. The molecule has 7 nitrogen and oxygen atoms in total. The lowest BCUT2D eigenvalue weighted by Gasteiger charge is -2.20. The zero-order valence-corrected chi connectivity index (χ0v) is 19.2. The van der Waals surface area contributed by atoms with Crippen molar-refractivity contribution in [2.45, 2.75) is 51.5 Å². The number of ether oxygens (including phenoxy) is 1. The lowest BCUT2D eigenvalue weighted by atomic mass is 9.98. The van der Waals surface area contributed by atoms with Crippen molar-refractivity contribution in [3.8, 4) is 11.1 Å². The summed E-state index contributed by atoms with van der Waals surface area (Å²) in [5.41, 5.74) is 4.52. The molecule has 2 aromatic rings. The third-order valence-electron chi connectivity index (χ3n) is 6.04. The first kappa shape index (κ1) is 24.3. The Morgan fingerprint density at radius 2 is 1.52 bits per heavy atom. The minimum atomic E-state index is -0.936. The van der Waals surface area contributed by atoms with Crippen LogP contribution >= 0.6 is 0 Å². The van der Waals surface area contributed by atoms with Crippen LogP contribution in [0.1, 0.15) is 56.6 Å². The van der Waals surface area contributed by atoms with E-state index in [1.165, 1.54) is 0 Å². The van der Waals surface area contributed by atoms with E-state index < -0.39 is 29.9 Å². The standard InChI is InChI=1S/C26H32N2O5/c1-3-9-17(25(30)31)15-27-24(29)23(10-4-2)28-26(32)33-16-22-20-13-7-5-11-18(20)19-12-6-8-14-21(19)22/h5-8,11-14,17,22-23H,3-4,9-10,15-16H2,1-2H3,(H,27,29)(H,28,32)(H,30,31)/t17?,23-/m1/s1. The number of carbonyl (C=O) groups excluding carboxylic acids is 2. The van der Waals surface area contributed by atoms with Crippen molar-refractivity contribution in [2.24, 2.45) is 5.92 Å². The minimum absolute atomic E-state index is 0.0363. The van der Waals surface area contributed by atoms with E-state index in [0.717, 1.165) is 22.3 Å². The highest BCUT2D eigenvalue weighted by atomic mass is 16.5. The normalized spacial score (nSPS) is 14.0. The van der Waals surface area contributed by atoms with Crippen LogP contribution in [0.25, 0.3) is 11.1 Å². The molecule has 1 aliphatic carbocycles. The maximum atomic E-state index is 12.6. The fraction of sp³-hybridized carbons (Fsp3) is 0.423. The number of carboxylic acids is 1. The van der Waals surface area contributed by atoms with Gasteiger partial charge in [-0.15, -0.1) is 0 Å². The van der Waals surface area contributed by atoms with Gasteiger partial charge in [-0.05, 0) is 35.1 Å². The Kier molecular flexibility index (Phi) is 8.46. The topological polar surface area (TPSA) is 105 Å². The maximum absolute atomic E-state index is 12.6. The van der Waals surface area contributed by atoms with Crippen LogP contribution in [-0.4, -0.2) is 42.3 Å². The first-order chi connectivity index (χ1) is 16.0. The van der Waals surface area contributed by atoms with Crippen LogP contribution in [0.4, 0.5) is 4.79 Å². The van der Waals surface area contributed by atoms with Crippen molar-refractivity contribution < 1.29 is 24.2 Å². The Morgan fingerprint density at radius 1 is 0.939 bits per heavy atom. The van der Waals surface area contributed by atoms with Crippen LogP contribution in [-0.2, 0) is 14.3 Å². The second-order valence-electron chi connectivity index (χ2n) is 8.38. The lowest BCUT2D eigenvalue weighted by molar-refractivity contribution is -0.142. The summed E-state index contributed by atoms with van der Waals surface area (Å²) >= 11 is 0. The smallest absolute Gasteiger partial charge is 0.407 e. The van der Waals surface area contributed by atoms with Gasteiger partial charge in [0.15, 0.2) is 0 Å². The largest absolute Gasteiger partial charge is 0.481 e. The number of carbonyl (C=O) groups is 3. The Balaban J connectivity index is 1.59. The number of benzene rings is 2. The molecule has 0 aromatic heterocycles. The average molecular weight is 453 g/mol. The van der Waals surface area contributed by atoms with E-state index in [1.54, 1.807) is 0 Å². The summed E-state index contributed by atoms with van der Waals surface area (Å²) in [6.07, 6.45) is 1.64. The van der Waals surface area contributed by atoms with Crippen LogP contribution in [0.5, 0.6) is 0 Å². The van der Waals surface area contributed by atoms with Gasteiger partial charge in [0.2, 0.25) is 5.91 Å². The summed E-state index contributed by atoms with van der Waals surface area (Å²) in [4.78, 5) is 36.5. The lowest BCUT2D eigenvalue weighted by Crippen LogP contribution is -2.48. The second-order valence-corrected chi connectivity index (χ2v) is 8.38. The summed E-state index contributed by atoms with van der Waals surface area (Å²) < 4.78 is 5.54. The van der Waals surface area contributed by atoms with Crippen LogP contribution in [0.3, 0.4) is 0 Å². The molecule has 2 atom stereocenters. The van der Waals surface area contributed by atoms with Gasteiger partial charge in [-0.2, -0.15) is 0 Å². The number of carboxylic acid groups (broad SMARTS) is 1. The predicted octanol–water partition coefficient (Wildman–Crippen LogP) is 4.31. The summed E-state index contributed by atoms with van der Waals surface area (Å²) in [6, 6.07) is 15.4. The Morgan fingerprint density at radius 3 is 2.06 bits per heavy atom. The Hall–Kier alpha value is -3.35. The Bertz CT molecular complexity index is 945. The number of rotatable bonds is 11. The van der Waals surface area contributed by atoms with Gasteiger partial charge in [0, 0.05) is 12.5 Å². The molecular weight excluding hydrogens is 420 g/mol. The highest BCUT2D eigenvalue weighted by molar-refractivity contribution is 5.86. The molecule has 7 heteroatoms. The fourth-order valence-corrected chi connectivity index (χ4v) is 4.35. The molecule has 0 bridgehead atoms. The van der Waals surface area contributed by atoms with E-state index in [4.69, 9.17) is 4.74 Å². The van der Waals surface area contributed by atoms with Crippen LogP contribution < -0.4 is 10.6 Å². The first-order valence-electron chi connectivity index (χ1n) is 11.6. The van der Waals surface area contributed by atoms with Crippen molar-refractivity contribution in [2.75, 3.05) is 13.2 Å². The molecule has 3 rings (SSSR count). The number of fused-ring (bicyclic) bond motifs is 3. The molecule has 0 saturated heterocycles. The van der Waals surface area contributed by atoms with E-state index in [1.807, 2.05) is 50.2 Å². The van der Waals surface area contributed by atoms with E-state index in [-0.39, 0.29) is 19.1 Å². The predicted molar refractivity (Wildman–Crippen MR) is 126 cm³/mol. The number of amides is 2. The third kappa shape index (κ3) is 5.92. The van der Waals surface area contributed by atoms with Crippen LogP contribution in [0.2, 0.25) is 0 Å². The highest BCUT2D eigenvalue weighted by Gasteiger charge is 2.30. The number of alkyl carbamates (subject to hydrolysis) is 1. The molecule has 0 fully saturated rings. The highest BCUT2D eigenvalue weighted by Crippen LogP contribution is 2.44. The van der Waals surface area contributed by atoms with Crippen molar-refractivity contribution in [1.82, 2.24) is 10.6 Å². The van der Waals surface area contributed by atoms with Crippen LogP contribution in [0.15, 0.2) is 48.5 Å². The van der Waals surface area contributed by atoms with Crippen molar-refractivity contribution >= 4 is 18.0 Å². The number of nitrogens with one attached hydrogen (secondary N) is 2. The molecule has 3 N–H and O–H groups in total. The molecule has 0 spiro atoms. The first-order valence-corrected chi connectivity index (χ1v) is 11.6. The van der Waals surface area contributed by atoms with Gasteiger partial charge in [0.1, 0.15) is 12.6 Å². The van der Waals surface area contributed by atoms with Crippen molar-refractivity contribution in [3.63, 3.8) is 0 Å². The number of aliphatic carboxylic acids is 1. The molecule has 0 saturated carbocycles. The van der Waals surface area contributed by atoms with E-state index in [2.05, 4.69) is 22.8 Å². The average Bonchev–Trinajstić information content (AvgIpc) is 3.13. The quantitative estimate of drug-likeness (QED) is 0.471. The molecule has 2 amide bonds. The number of hydrogen-bond donors (Lipinski definition) is 3. The molecule has 2 aromatic carbocycles. The van der Waals surface area contributed by atoms with Crippen molar-refractivity contribution in [1.29, 1.82) is 0 Å². The molecule has 0 radical (unpaired) electrons. The summed E-state index contributed by atoms with van der Waals surface area (Å²) in [5.74, 6) is -2.04. The van der Waals surface area contributed by atoms with Crippen LogP contribution in [0, 0.1) is 5.92 Å². The summed E-state index contributed by atoms with van der Waals surface area (Å²) in [7, 11) is 0. The molecule has 1 unspecified atom stereocenters. The van der Waals surface area contributed by atoms with Gasteiger partial charge in [-0.3, -0.25) is 9.59 Å². The molecule has 176 valence electrons. The van der Waals surface area contributed by atoms with Gasteiger partial charge in [0.05, 0.1) is 5.92 Å². The monoisotopic (exact) mass is 452 g/mol. The third-order valence-corrected chi connectivity index (χ3v) is 6.04. The van der Waals surface area contributed by atoms with E-state index >= 15 is 0 Å². The zero-order chi connectivity index (χ0) is 23.8. The SMILES string of the molecule is CCCC(CNC(=O)[C@@H](CCC)NC(=O)OCC1c2ccccc2-c2ccccc21)C(=O)O. The summed E-state index contributed by atoms with van der Waals surface area (Å²) in [5, 5.41) is 14.6. The molecule has 0 aliphatic heterocycles. The minimum Gasteiger partial charge on any atom is -0.481 e. The fourth-order valence-electron chi connectivity index (χ4n) is 4.35. The zero-order valence-electron chi connectivity index (χ0n) is 19.2. The maximum Gasteiger partial charge on any atom is 0.407 e. The van der Waals surface area contributed by atoms with Gasteiger partial charge < -0.3 is 20.5 Å². The van der Waals surface area contributed by atoms with Gasteiger partial charge >= 0.3 is 12.1 Å². The van der Waals surface area contributed by atoms with E-state index in [9.17, 15) is 19.5 Å². The second kappa shape index (κ2) is 11.5. The molecule has 1 aliphatic rings.